The second-order valence-electron chi connectivity index (χ2n) is 7.02. The molecule has 0 aliphatic heterocycles. The van der Waals surface area contributed by atoms with E-state index in [1.807, 2.05) is 84.9 Å². The van der Waals surface area contributed by atoms with Crippen molar-refractivity contribution >= 4 is 53.5 Å². The van der Waals surface area contributed by atoms with Crippen LogP contribution in [0.1, 0.15) is 0 Å². The zero-order valence-electron chi connectivity index (χ0n) is 16.7. The molecule has 31 heavy (non-hydrogen) atoms. The Morgan fingerprint density at radius 2 is 0.774 bits per heavy atom. The monoisotopic (exact) mass is 397 g/mol. The maximum atomic E-state index is 11.2. The van der Waals surface area contributed by atoms with Gasteiger partial charge in [-0.25, -0.2) is 0 Å². The van der Waals surface area contributed by atoms with E-state index in [9.17, 15) is 10.2 Å². The van der Waals surface area contributed by atoms with Crippen molar-refractivity contribution in [2.75, 3.05) is 0 Å². The minimum Gasteiger partial charge on any atom is -0.859 e. The molecule has 2 aromatic heterocycles. The summed E-state index contributed by atoms with van der Waals surface area (Å²) < 4.78 is 0. The largest absolute Gasteiger partial charge is 2.00 e. The molecule has 0 saturated carbocycles. The van der Waals surface area contributed by atoms with Crippen LogP contribution < -0.4 is 10.2 Å². The Hall–Kier alpha value is -4.01. The molecule has 0 bridgehead atoms. The summed E-state index contributed by atoms with van der Waals surface area (Å²) in [4.78, 5) is 8.10. The fourth-order valence-corrected chi connectivity index (χ4v) is 3.68. The number of aromatic nitrogens is 2. The molecular weight excluding hydrogens is 381 g/mol. The third-order valence-electron chi connectivity index (χ3n) is 5.12. The van der Waals surface area contributed by atoms with Gasteiger partial charge in [-0.2, -0.15) is 0 Å². The summed E-state index contributed by atoms with van der Waals surface area (Å²) in [5.74, 6) is -0.363. The van der Waals surface area contributed by atoms with Crippen LogP contribution in [0.2, 0.25) is 0 Å². The number of hydrogen-bond donors (Lipinski definition) is 0. The summed E-state index contributed by atoms with van der Waals surface area (Å²) in [6.45, 7) is 0. The molecule has 6 rings (SSSR count). The smallest absolute Gasteiger partial charge is 0.859 e. The van der Waals surface area contributed by atoms with Gasteiger partial charge < -0.3 is 10.2 Å². The molecular formula is C26H16BeN2O2. The minimum atomic E-state index is -0.182. The van der Waals surface area contributed by atoms with Gasteiger partial charge in [0.2, 0.25) is 0 Å². The number of fused-ring (bicyclic) bond motifs is 6. The molecule has 0 radical (unpaired) electrons. The first kappa shape index (κ1) is 20.3. The van der Waals surface area contributed by atoms with Gasteiger partial charge in [-0.05, 0) is 22.5 Å². The molecule has 0 spiro atoms. The molecule has 0 atom stereocenters. The van der Waals surface area contributed by atoms with Gasteiger partial charge in [-0.3, -0.25) is 9.97 Å². The maximum Gasteiger partial charge on any atom is 2.00 e. The number of pyridine rings is 2. The molecule has 0 amide bonds. The molecule has 0 saturated heterocycles. The molecule has 0 unspecified atom stereocenters. The van der Waals surface area contributed by atoms with Gasteiger partial charge >= 0.3 is 10.1 Å². The van der Waals surface area contributed by atoms with Gasteiger partial charge in [-0.1, -0.05) is 97.1 Å². The van der Waals surface area contributed by atoms with E-state index >= 15 is 0 Å². The van der Waals surface area contributed by atoms with E-state index in [-0.39, 0.29) is 21.9 Å². The minimum absolute atomic E-state index is 0. The predicted octanol–water partition coefficient (Wildman–Crippen LogP) is 4.54. The standard InChI is InChI=1S/2C13H9NO.Be/c2*15-12-8-7-10-6-5-9-3-1-2-4-11(9)13(10)14-12;/h2*1-8H,(H,14,15);/q;;+2/p-2. The zero-order chi connectivity index (χ0) is 20.5. The summed E-state index contributed by atoms with van der Waals surface area (Å²) in [5.41, 5.74) is 1.58. The van der Waals surface area contributed by atoms with Crippen LogP contribution in [0.4, 0.5) is 0 Å². The van der Waals surface area contributed by atoms with Crippen LogP contribution in [0.25, 0.3) is 43.4 Å². The predicted molar refractivity (Wildman–Crippen MR) is 123 cm³/mol. The molecule has 5 heteroatoms. The molecule has 4 aromatic carbocycles. The molecule has 0 N–H and O–H groups in total. The van der Waals surface area contributed by atoms with E-state index in [2.05, 4.69) is 9.97 Å². The van der Waals surface area contributed by atoms with Gasteiger partial charge in [0.1, 0.15) is 0 Å². The number of benzene rings is 4. The van der Waals surface area contributed by atoms with E-state index in [0.717, 1.165) is 43.4 Å². The molecule has 0 aliphatic rings. The zero-order valence-corrected chi connectivity index (χ0v) is 16.7. The summed E-state index contributed by atoms with van der Waals surface area (Å²) in [6, 6.07) is 30.6. The van der Waals surface area contributed by atoms with Gasteiger partial charge in [0.25, 0.3) is 0 Å². The second kappa shape index (κ2) is 8.39. The summed E-state index contributed by atoms with van der Waals surface area (Å²) in [7, 11) is 0. The summed E-state index contributed by atoms with van der Waals surface area (Å²) >= 11 is 0. The Kier molecular flexibility index (Phi) is 5.48. The number of nitrogens with zero attached hydrogens (tertiary/aromatic N) is 2. The quantitative estimate of drug-likeness (QED) is 0.279. The van der Waals surface area contributed by atoms with Crippen molar-refractivity contribution < 1.29 is 10.2 Å². The fourth-order valence-electron chi connectivity index (χ4n) is 3.68. The Bertz CT molecular complexity index is 1420. The van der Waals surface area contributed by atoms with Crippen molar-refractivity contribution in [3.63, 3.8) is 0 Å². The van der Waals surface area contributed by atoms with Crippen LogP contribution >= 0.6 is 0 Å². The summed E-state index contributed by atoms with van der Waals surface area (Å²) in [5, 5.41) is 28.7. The van der Waals surface area contributed by atoms with Crippen LogP contribution in [-0.2, 0) is 0 Å². The average molecular weight is 397 g/mol. The van der Waals surface area contributed by atoms with Gasteiger partial charge in [-0.15, -0.1) is 0 Å². The molecule has 144 valence electrons. The Morgan fingerprint density at radius 1 is 0.419 bits per heavy atom. The van der Waals surface area contributed by atoms with Crippen molar-refractivity contribution in [1.82, 2.24) is 9.97 Å². The van der Waals surface area contributed by atoms with Crippen LogP contribution in [0.3, 0.4) is 0 Å². The van der Waals surface area contributed by atoms with E-state index in [0.29, 0.717) is 0 Å². The number of hydrogen-bond acceptors (Lipinski definition) is 4. The van der Waals surface area contributed by atoms with E-state index in [4.69, 9.17) is 0 Å². The van der Waals surface area contributed by atoms with E-state index < -0.39 is 0 Å². The molecule has 0 aliphatic carbocycles. The first-order valence-corrected chi connectivity index (χ1v) is 9.60. The third kappa shape index (κ3) is 3.89. The SMILES string of the molecule is [Be+2].[O-]c1ccc2ccc3ccccc3c2n1.[O-]c1ccc2ccc3ccccc3c2n1. The van der Waals surface area contributed by atoms with Gasteiger partial charge in [0.05, 0.1) is 11.0 Å². The van der Waals surface area contributed by atoms with Crippen molar-refractivity contribution in [2.45, 2.75) is 0 Å². The molecule has 2 heterocycles. The Balaban J connectivity index is 0.000000144. The number of rotatable bonds is 0. The summed E-state index contributed by atoms with van der Waals surface area (Å²) in [6.07, 6.45) is 0. The third-order valence-corrected chi connectivity index (χ3v) is 5.12. The van der Waals surface area contributed by atoms with Crippen LogP contribution in [0.15, 0.2) is 97.1 Å². The van der Waals surface area contributed by atoms with Crippen molar-refractivity contribution in [1.29, 1.82) is 0 Å². The van der Waals surface area contributed by atoms with Crippen LogP contribution in [0, 0.1) is 0 Å². The average Bonchev–Trinajstić information content (AvgIpc) is 2.79. The van der Waals surface area contributed by atoms with Crippen molar-refractivity contribution in [2.24, 2.45) is 0 Å². The molecule has 4 nitrogen and oxygen atoms in total. The topological polar surface area (TPSA) is 71.9 Å². The molecule has 6 aromatic rings. The molecule has 0 fully saturated rings. The van der Waals surface area contributed by atoms with Crippen LogP contribution in [-0.4, -0.2) is 20.1 Å². The Morgan fingerprint density at radius 3 is 1.23 bits per heavy atom. The van der Waals surface area contributed by atoms with Gasteiger partial charge in [0.15, 0.2) is 0 Å². The maximum absolute atomic E-state index is 11.2. The Labute approximate surface area is 182 Å². The normalized spacial score (nSPS) is 10.6. The van der Waals surface area contributed by atoms with E-state index in [1.165, 1.54) is 12.1 Å². The first-order chi connectivity index (χ1) is 14.7. The van der Waals surface area contributed by atoms with Crippen molar-refractivity contribution in [3.8, 4) is 11.8 Å². The van der Waals surface area contributed by atoms with E-state index in [1.54, 1.807) is 0 Å². The van der Waals surface area contributed by atoms with Crippen molar-refractivity contribution in [3.05, 3.63) is 97.1 Å². The first-order valence-electron chi connectivity index (χ1n) is 9.60. The second-order valence-corrected chi connectivity index (χ2v) is 7.02. The van der Waals surface area contributed by atoms with Crippen LogP contribution in [0.5, 0.6) is 11.8 Å². The fraction of sp³-hybridized carbons (Fsp3) is 0. The van der Waals surface area contributed by atoms with Gasteiger partial charge in [0, 0.05) is 21.5 Å².